The van der Waals surface area contributed by atoms with Crippen LogP contribution in [0.5, 0.6) is 0 Å². The third-order valence-corrected chi connectivity index (χ3v) is 3.81. The highest BCUT2D eigenvalue weighted by atomic mass is 14.2. The van der Waals surface area contributed by atoms with Crippen molar-refractivity contribution in [1.29, 1.82) is 0 Å². The monoisotopic (exact) mass is 264 g/mol. The Bertz CT molecular complexity index is 535. The summed E-state index contributed by atoms with van der Waals surface area (Å²) in [5, 5.41) is 0. The van der Waals surface area contributed by atoms with E-state index in [4.69, 9.17) is 0 Å². The van der Waals surface area contributed by atoms with E-state index in [0.717, 1.165) is 12.8 Å². The van der Waals surface area contributed by atoms with Gasteiger partial charge in [0.2, 0.25) is 0 Å². The lowest BCUT2D eigenvalue weighted by Gasteiger charge is -2.26. The van der Waals surface area contributed by atoms with E-state index in [0.29, 0.717) is 0 Å². The quantitative estimate of drug-likeness (QED) is 0.623. The Morgan fingerprint density at radius 1 is 0.900 bits per heavy atom. The minimum absolute atomic E-state index is 0.281. The smallest absolute Gasteiger partial charge is 0.0227 e. The van der Waals surface area contributed by atoms with E-state index in [-0.39, 0.29) is 5.41 Å². The Morgan fingerprint density at radius 2 is 1.45 bits per heavy atom. The zero-order valence-electron chi connectivity index (χ0n) is 12.6. The van der Waals surface area contributed by atoms with Crippen molar-refractivity contribution in [2.24, 2.45) is 5.41 Å². The van der Waals surface area contributed by atoms with Crippen molar-refractivity contribution in [3.63, 3.8) is 0 Å². The molecule has 0 bridgehead atoms. The predicted octanol–water partition coefficient (Wildman–Crippen LogP) is 5.75. The Hall–Kier alpha value is -1.82. The van der Waals surface area contributed by atoms with Gasteiger partial charge in [0, 0.05) is 0 Å². The van der Waals surface area contributed by atoms with Crippen molar-refractivity contribution in [3.05, 3.63) is 78.4 Å². The van der Waals surface area contributed by atoms with E-state index < -0.39 is 0 Å². The SMILES string of the molecule is C=C(CC(C)(C)CCc1ccccc1)c1ccccc1. The van der Waals surface area contributed by atoms with Gasteiger partial charge in [-0.2, -0.15) is 0 Å². The van der Waals surface area contributed by atoms with Crippen molar-refractivity contribution in [1.82, 2.24) is 0 Å². The first kappa shape index (κ1) is 14.6. The van der Waals surface area contributed by atoms with Crippen LogP contribution < -0.4 is 0 Å². The van der Waals surface area contributed by atoms with Crippen LogP contribution in [0, 0.1) is 5.41 Å². The van der Waals surface area contributed by atoms with Crippen LogP contribution in [-0.2, 0) is 6.42 Å². The third kappa shape index (κ3) is 4.38. The van der Waals surface area contributed by atoms with Gasteiger partial charge < -0.3 is 0 Å². The summed E-state index contributed by atoms with van der Waals surface area (Å²) in [6.45, 7) is 8.94. The highest BCUT2D eigenvalue weighted by Crippen LogP contribution is 2.33. The van der Waals surface area contributed by atoms with Crippen molar-refractivity contribution in [2.75, 3.05) is 0 Å². The standard InChI is InChI=1S/C20H24/c1-17(19-12-8-5-9-13-19)16-20(2,3)15-14-18-10-6-4-7-11-18/h4-13H,1,14-16H2,2-3H3. The molecule has 0 aliphatic carbocycles. The molecule has 0 heteroatoms. The second-order valence-electron chi connectivity index (χ2n) is 6.30. The number of aryl methyl sites for hydroxylation is 1. The molecule has 0 aliphatic rings. The van der Waals surface area contributed by atoms with E-state index in [9.17, 15) is 0 Å². The molecule has 2 aromatic carbocycles. The first-order chi connectivity index (χ1) is 9.57. The van der Waals surface area contributed by atoms with Crippen molar-refractivity contribution >= 4 is 5.57 Å². The van der Waals surface area contributed by atoms with Crippen molar-refractivity contribution < 1.29 is 0 Å². The fourth-order valence-corrected chi connectivity index (χ4v) is 2.57. The molecule has 0 aromatic heterocycles. The molecule has 0 radical (unpaired) electrons. The van der Waals surface area contributed by atoms with Gasteiger partial charge in [0.25, 0.3) is 0 Å². The molecule has 0 saturated heterocycles. The molecule has 2 rings (SSSR count). The molecule has 0 saturated carbocycles. The normalized spacial score (nSPS) is 11.3. The van der Waals surface area contributed by atoms with E-state index in [1.807, 2.05) is 0 Å². The van der Waals surface area contributed by atoms with Crippen LogP contribution in [0.2, 0.25) is 0 Å². The molecule has 0 N–H and O–H groups in total. The molecule has 0 aliphatic heterocycles. The zero-order valence-corrected chi connectivity index (χ0v) is 12.6. The van der Waals surface area contributed by atoms with Gasteiger partial charge in [0.05, 0.1) is 0 Å². The summed E-state index contributed by atoms with van der Waals surface area (Å²) in [4.78, 5) is 0. The number of hydrogen-bond acceptors (Lipinski definition) is 0. The molecule has 0 nitrogen and oxygen atoms in total. The van der Waals surface area contributed by atoms with Gasteiger partial charge in [0.15, 0.2) is 0 Å². The first-order valence-electron chi connectivity index (χ1n) is 7.34. The maximum absolute atomic E-state index is 4.27. The van der Waals surface area contributed by atoms with Gasteiger partial charge in [0.1, 0.15) is 0 Å². The molecule has 20 heavy (non-hydrogen) atoms. The van der Waals surface area contributed by atoms with Crippen molar-refractivity contribution in [3.8, 4) is 0 Å². The van der Waals surface area contributed by atoms with Gasteiger partial charge in [-0.1, -0.05) is 81.1 Å². The number of rotatable bonds is 6. The molecular weight excluding hydrogens is 240 g/mol. The van der Waals surface area contributed by atoms with E-state index >= 15 is 0 Å². The summed E-state index contributed by atoms with van der Waals surface area (Å²) in [6.07, 6.45) is 3.36. The molecule has 2 aromatic rings. The predicted molar refractivity (Wildman–Crippen MR) is 88.6 cm³/mol. The summed E-state index contributed by atoms with van der Waals surface area (Å²) in [7, 11) is 0. The fraction of sp³-hybridized carbons (Fsp3) is 0.300. The largest absolute Gasteiger partial charge is 0.0952 e. The summed E-state index contributed by atoms with van der Waals surface area (Å²) < 4.78 is 0. The Balaban J connectivity index is 1.92. The Kier molecular flexibility index (Phi) is 4.79. The minimum Gasteiger partial charge on any atom is -0.0952 e. The average Bonchev–Trinajstić information content (AvgIpc) is 2.47. The summed E-state index contributed by atoms with van der Waals surface area (Å²) in [5.74, 6) is 0. The lowest BCUT2D eigenvalue weighted by Crippen LogP contribution is -2.13. The number of allylic oxidation sites excluding steroid dienone is 1. The van der Waals surface area contributed by atoms with Gasteiger partial charge >= 0.3 is 0 Å². The van der Waals surface area contributed by atoms with E-state index in [1.54, 1.807) is 0 Å². The average molecular weight is 264 g/mol. The van der Waals surface area contributed by atoms with Crippen LogP contribution in [0.4, 0.5) is 0 Å². The molecule has 0 fully saturated rings. The first-order valence-corrected chi connectivity index (χ1v) is 7.34. The lowest BCUT2D eigenvalue weighted by molar-refractivity contribution is 0.345. The van der Waals surface area contributed by atoms with E-state index in [1.165, 1.54) is 23.1 Å². The third-order valence-electron chi connectivity index (χ3n) is 3.81. The zero-order chi connectivity index (χ0) is 14.4. The van der Waals surface area contributed by atoms with Crippen LogP contribution in [0.3, 0.4) is 0 Å². The molecule has 0 amide bonds. The Labute approximate surface area is 123 Å². The second-order valence-corrected chi connectivity index (χ2v) is 6.30. The summed E-state index contributed by atoms with van der Waals surface area (Å²) in [5.41, 5.74) is 4.21. The Morgan fingerprint density at radius 3 is 2.05 bits per heavy atom. The number of benzene rings is 2. The van der Waals surface area contributed by atoms with Crippen molar-refractivity contribution in [2.45, 2.75) is 33.1 Å². The summed E-state index contributed by atoms with van der Waals surface area (Å²) in [6, 6.07) is 21.2. The maximum Gasteiger partial charge on any atom is -0.0227 e. The van der Waals surface area contributed by atoms with Crippen LogP contribution in [0.1, 0.15) is 37.8 Å². The number of hydrogen-bond donors (Lipinski definition) is 0. The molecule has 0 spiro atoms. The fourth-order valence-electron chi connectivity index (χ4n) is 2.57. The molecular formula is C20H24. The summed E-state index contributed by atoms with van der Waals surface area (Å²) >= 11 is 0. The molecule has 0 heterocycles. The molecule has 0 atom stereocenters. The maximum atomic E-state index is 4.27. The van der Waals surface area contributed by atoms with E-state index in [2.05, 4.69) is 81.1 Å². The van der Waals surface area contributed by atoms with Crippen LogP contribution in [0.25, 0.3) is 5.57 Å². The van der Waals surface area contributed by atoms with Gasteiger partial charge in [-0.3, -0.25) is 0 Å². The van der Waals surface area contributed by atoms with Gasteiger partial charge in [-0.25, -0.2) is 0 Å². The van der Waals surface area contributed by atoms with Crippen LogP contribution in [0.15, 0.2) is 67.2 Å². The van der Waals surface area contributed by atoms with Crippen LogP contribution >= 0.6 is 0 Å². The van der Waals surface area contributed by atoms with Gasteiger partial charge in [-0.05, 0) is 41.4 Å². The molecule has 104 valence electrons. The van der Waals surface area contributed by atoms with Gasteiger partial charge in [-0.15, -0.1) is 0 Å². The van der Waals surface area contributed by atoms with Crippen LogP contribution in [-0.4, -0.2) is 0 Å². The topological polar surface area (TPSA) is 0 Å². The second kappa shape index (κ2) is 6.56. The minimum atomic E-state index is 0.281. The highest BCUT2D eigenvalue weighted by molar-refractivity contribution is 5.63. The highest BCUT2D eigenvalue weighted by Gasteiger charge is 2.19. The molecule has 0 unspecified atom stereocenters. The lowest BCUT2D eigenvalue weighted by atomic mass is 9.79.